The maximum absolute atomic E-state index is 13.2. The lowest BCUT2D eigenvalue weighted by Crippen LogP contribution is -2.42. The van der Waals surface area contributed by atoms with E-state index in [9.17, 15) is 8.42 Å². The zero-order chi connectivity index (χ0) is 18.6. The summed E-state index contributed by atoms with van der Waals surface area (Å²) in [4.78, 5) is 4.09. The van der Waals surface area contributed by atoms with Gasteiger partial charge in [-0.15, -0.1) is 10.2 Å². The lowest BCUT2D eigenvalue weighted by Gasteiger charge is -2.26. The van der Waals surface area contributed by atoms with Crippen molar-refractivity contribution in [3.05, 3.63) is 48.7 Å². The van der Waals surface area contributed by atoms with Crippen LogP contribution in [-0.2, 0) is 30.0 Å². The third-order valence-corrected chi connectivity index (χ3v) is 7.34. The fourth-order valence-electron chi connectivity index (χ4n) is 4.22. The standard InChI is InChI=1S/C18H20N6O2S/c1-22-11-17(19-12-22)27(25,26)24-14-7-8-15(24)10-23-16(9-14)20-21-18(23)13-5-3-2-4-6-13/h2-6,11-12,14-15H,7-10H2,1H3/t14-,15+/m0/s1. The molecule has 0 saturated carbocycles. The molecule has 2 bridgehead atoms. The van der Waals surface area contributed by atoms with Gasteiger partial charge in [-0.25, -0.2) is 13.4 Å². The summed E-state index contributed by atoms with van der Waals surface area (Å²) >= 11 is 0. The van der Waals surface area contributed by atoms with Crippen molar-refractivity contribution in [1.82, 2.24) is 28.6 Å². The molecule has 1 aromatic carbocycles. The third kappa shape index (κ3) is 2.61. The van der Waals surface area contributed by atoms with E-state index in [1.165, 1.54) is 6.33 Å². The van der Waals surface area contributed by atoms with Crippen LogP contribution < -0.4 is 0 Å². The van der Waals surface area contributed by atoms with E-state index in [1.807, 2.05) is 30.3 Å². The van der Waals surface area contributed by atoms with E-state index in [1.54, 1.807) is 22.1 Å². The fraction of sp³-hybridized carbons (Fsp3) is 0.389. The quantitative estimate of drug-likeness (QED) is 0.682. The SMILES string of the molecule is Cn1cnc(S(=O)(=O)N2[C@@H]3CC[C@H]2Cc2nnc(-c4ccccc4)n2C3)c1. The van der Waals surface area contributed by atoms with Gasteiger partial charge in [0.15, 0.2) is 10.9 Å². The fourth-order valence-corrected chi connectivity index (χ4v) is 6.06. The third-order valence-electron chi connectivity index (χ3n) is 5.45. The molecule has 1 fully saturated rings. The summed E-state index contributed by atoms with van der Waals surface area (Å²) in [7, 11) is -1.86. The van der Waals surface area contributed by atoms with Gasteiger partial charge >= 0.3 is 0 Å². The molecule has 0 N–H and O–H groups in total. The van der Waals surface area contributed by atoms with Crippen molar-refractivity contribution < 1.29 is 8.42 Å². The lowest BCUT2D eigenvalue weighted by atomic mass is 10.1. The first-order valence-corrected chi connectivity index (χ1v) is 10.5. The molecule has 2 aliphatic rings. The maximum atomic E-state index is 13.2. The highest BCUT2D eigenvalue weighted by Crippen LogP contribution is 2.36. The van der Waals surface area contributed by atoms with Crippen LogP contribution in [0.4, 0.5) is 0 Å². The van der Waals surface area contributed by atoms with Crippen LogP contribution in [0.2, 0.25) is 0 Å². The molecule has 2 aromatic heterocycles. The van der Waals surface area contributed by atoms with Crippen molar-refractivity contribution >= 4 is 10.0 Å². The van der Waals surface area contributed by atoms with Crippen molar-refractivity contribution in [2.75, 3.05) is 0 Å². The molecule has 0 spiro atoms. The molecule has 5 rings (SSSR count). The highest BCUT2D eigenvalue weighted by Gasteiger charge is 2.46. The summed E-state index contributed by atoms with van der Waals surface area (Å²) in [6.07, 6.45) is 5.33. The second-order valence-electron chi connectivity index (χ2n) is 7.22. The van der Waals surface area contributed by atoms with Gasteiger partial charge in [0.2, 0.25) is 0 Å². The Balaban J connectivity index is 1.54. The number of hydrogen-bond donors (Lipinski definition) is 0. The Labute approximate surface area is 157 Å². The summed E-state index contributed by atoms with van der Waals surface area (Å²) in [5.74, 6) is 1.65. The van der Waals surface area contributed by atoms with E-state index < -0.39 is 10.0 Å². The molecular weight excluding hydrogens is 364 g/mol. The number of fused-ring (bicyclic) bond motifs is 3. The average Bonchev–Trinajstić information content (AvgIpc) is 3.33. The van der Waals surface area contributed by atoms with Gasteiger partial charge in [-0.3, -0.25) is 0 Å². The Morgan fingerprint density at radius 1 is 1.07 bits per heavy atom. The number of aryl methyl sites for hydroxylation is 1. The van der Waals surface area contributed by atoms with E-state index in [4.69, 9.17) is 0 Å². The van der Waals surface area contributed by atoms with E-state index in [0.717, 1.165) is 30.1 Å². The van der Waals surface area contributed by atoms with Crippen LogP contribution in [0.15, 0.2) is 47.9 Å². The zero-order valence-electron chi connectivity index (χ0n) is 14.9. The second-order valence-corrected chi connectivity index (χ2v) is 9.01. The molecule has 3 aromatic rings. The number of hydrogen-bond acceptors (Lipinski definition) is 5. The highest BCUT2D eigenvalue weighted by atomic mass is 32.2. The first-order valence-electron chi connectivity index (χ1n) is 9.03. The van der Waals surface area contributed by atoms with Gasteiger partial charge < -0.3 is 9.13 Å². The Kier molecular flexibility index (Phi) is 3.70. The number of rotatable bonds is 3. The molecule has 2 aliphatic heterocycles. The monoisotopic (exact) mass is 384 g/mol. The predicted molar refractivity (Wildman–Crippen MR) is 98.2 cm³/mol. The van der Waals surface area contributed by atoms with Crippen LogP contribution in [-0.4, -0.2) is 49.1 Å². The molecule has 27 heavy (non-hydrogen) atoms. The minimum Gasteiger partial charge on any atom is -0.339 e. The molecule has 0 unspecified atom stereocenters. The van der Waals surface area contributed by atoms with E-state index >= 15 is 0 Å². The van der Waals surface area contributed by atoms with Crippen LogP contribution in [0.5, 0.6) is 0 Å². The van der Waals surface area contributed by atoms with Gasteiger partial charge in [0, 0.05) is 43.9 Å². The molecule has 140 valence electrons. The maximum Gasteiger partial charge on any atom is 0.262 e. The van der Waals surface area contributed by atoms with Gasteiger partial charge in [0.25, 0.3) is 10.0 Å². The molecule has 9 heteroatoms. The Bertz CT molecular complexity index is 1090. The van der Waals surface area contributed by atoms with Gasteiger partial charge in [-0.05, 0) is 12.8 Å². The van der Waals surface area contributed by atoms with E-state index in [-0.39, 0.29) is 17.1 Å². The first-order chi connectivity index (χ1) is 13.0. The molecule has 0 amide bonds. The van der Waals surface area contributed by atoms with Crippen molar-refractivity contribution in [3.8, 4) is 11.4 Å². The molecule has 1 saturated heterocycles. The summed E-state index contributed by atoms with van der Waals surface area (Å²) in [6, 6.07) is 9.70. The van der Waals surface area contributed by atoms with Crippen molar-refractivity contribution in [3.63, 3.8) is 0 Å². The molecule has 0 radical (unpaired) electrons. The van der Waals surface area contributed by atoms with E-state index in [0.29, 0.717) is 13.0 Å². The Morgan fingerprint density at radius 3 is 2.59 bits per heavy atom. The minimum absolute atomic E-state index is 0.101. The van der Waals surface area contributed by atoms with Gasteiger partial charge in [-0.2, -0.15) is 4.31 Å². The number of benzene rings is 1. The summed E-state index contributed by atoms with van der Waals surface area (Å²) in [5.41, 5.74) is 0.994. The van der Waals surface area contributed by atoms with Crippen LogP contribution in [0.25, 0.3) is 11.4 Å². The molecule has 8 nitrogen and oxygen atoms in total. The van der Waals surface area contributed by atoms with E-state index in [2.05, 4.69) is 19.7 Å². The molecule has 0 aliphatic carbocycles. The zero-order valence-corrected chi connectivity index (χ0v) is 15.7. The number of nitrogens with zero attached hydrogens (tertiary/aromatic N) is 6. The van der Waals surface area contributed by atoms with Crippen LogP contribution in [0.3, 0.4) is 0 Å². The van der Waals surface area contributed by atoms with Crippen LogP contribution in [0, 0.1) is 0 Å². The highest BCUT2D eigenvalue weighted by molar-refractivity contribution is 7.89. The number of sulfonamides is 1. The first kappa shape index (κ1) is 16.6. The van der Waals surface area contributed by atoms with Crippen molar-refractivity contribution in [1.29, 1.82) is 0 Å². The Morgan fingerprint density at radius 2 is 1.85 bits per heavy atom. The predicted octanol–water partition coefficient (Wildman–Crippen LogP) is 1.46. The second kappa shape index (κ2) is 6.00. The summed E-state index contributed by atoms with van der Waals surface area (Å²) in [5, 5.41) is 8.88. The Hall–Kier alpha value is -2.52. The smallest absolute Gasteiger partial charge is 0.262 e. The summed E-state index contributed by atoms with van der Waals surface area (Å²) in [6.45, 7) is 0.565. The van der Waals surface area contributed by atoms with Crippen LogP contribution >= 0.6 is 0 Å². The van der Waals surface area contributed by atoms with Crippen LogP contribution in [0.1, 0.15) is 18.7 Å². The molecular formula is C18H20N6O2S. The number of aromatic nitrogens is 5. The van der Waals surface area contributed by atoms with Gasteiger partial charge in [0.05, 0.1) is 6.33 Å². The topological polar surface area (TPSA) is 85.9 Å². The molecule has 2 atom stereocenters. The lowest BCUT2D eigenvalue weighted by molar-refractivity contribution is 0.315. The normalized spacial score (nSPS) is 22.6. The average molecular weight is 384 g/mol. The largest absolute Gasteiger partial charge is 0.339 e. The summed E-state index contributed by atoms with van der Waals surface area (Å²) < 4.78 is 31.9. The minimum atomic E-state index is -3.63. The van der Waals surface area contributed by atoms with Gasteiger partial charge in [-0.1, -0.05) is 30.3 Å². The van der Waals surface area contributed by atoms with Gasteiger partial charge in [0.1, 0.15) is 5.82 Å². The molecule has 4 heterocycles. The van der Waals surface area contributed by atoms with Crippen molar-refractivity contribution in [2.24, 2.45) is 7.05 Å². The number of imidazole rings is 1. The van der Waals surface area contributed by atoms with Crippen molar-refractivity contribution in [2.45, 2.75) is 42.9 Å².